The zero-order valence-corrected chi connectivity index (χ0v) is 14.3. The average Bonchev–Trinajstić information content (AvgIpc) is 2.44. The second kappa shape index (κ2) is 6.57. The molecule has 4 nitrogen and oxygen atoms in total. The van der Waals surface area contributed by atoms with Gasteiger partial charge in [-0.3, -0.25) is 4.79 Å². The van der Waals surface area contributed by atoms with Gasteiger partial charge in [0.25, 0.3) is 0 Å². The quantitative estimate of drug-likeness (QED) is 0.860. The SMILES string of the molecule is CC1CN(C(=O)C2Cc3ccccc3CN2)CC(C)(C)O1.Cl. The van der Waals surface area contributed by atoms with Gasteiger partial charge in [-0.1, -0.05) is 24.3 Å². The van der Waals surface area contributed by atoms with Gasteiger partial charge in [-0.25, -0.2) is 0 Å². The molecule has 2 heterocycles. The van der Waals surface area contributed by atoms with Crippen LogP contribution in [-0.2, 0) is 22.5 Å². The lowest BCUT2D eigenvalue weighted by molar-refractivity contribution is -0.160. The predicted octanol–water partition coefficient (Wildman–Crippen LogP) is 2.15. The molecule has 3 rings (SSSR count). The van der Waals surface area contributed by atoms with Gasteiger partial charge in [0.2, 0.25) is 5.91 Å². The Hall–Kier alpha value is -1.10. The molecule has 1 N–H and O–H groups in total. The van der Waals surface area contributed by atoms with E-state index in [1.54, 1.807) is 0 Å². The van der Waals surface area contributed by atoms with Crippen molar-refractivity contribution in [2.75, 3.05) is 13.1 Å². The van der Waals surface area contributed by atoms with Crippen molar-refractivity contribution in [2.45, 2.75) is 51.5 Å². The Morgan fingerprint density at radius 1 is 1.32 bits per heavy atom. The highest BCUT2D eigenvalue weighted by molar-refractivity contribution is 5.85. The largest absolute Gasteiger partial charge is 0.369 e. The van der Waals surface area contributed by atoms with E-state index in [2.05, 4.69) is 23.5 Å². The van der Waals surface area contributed by atoms with Crippen molar-refractivity contribution in [1.29, 1.82) is 0 Å². The van der Waals surface area contributed by atoms with Crippen LogP contribution in [0.1, 0.15) is 31.9 Å². The van der Waals surface area contributed by atoms with Crippen LogP contribution in [0.2, 0.25) is 0 Å². The van der Waals surface area contributed by atoms with E-state index in [4.69, 9.17) is 4.74 Å². The maximum atomic E-state index is 12.8. The maximum absolute atomic E-state index is 12.8. The lowest BCUT2D eigenvalue weighted by atomic mass is 9.94. The summed E-state index contributed by atoms with van der Waals surface area (Å²) in [6.07, 6.45) is 0.870. The van der Waals surface area contributed by atoms with E-state index in [-0.39, 0.29) is 36.1 Å². The summed E-state index contributed by atoms with van der Waals surface area (Å²) in [5.74, 6) is 0.202. The number of rotatable bonds is 1. The van der Waals surface area contributed by atoms with Crippen LogP contribution in [-0.4, -0.2) is 41.6 Å². The smallest absolute Gasteiger partial charge is 0.240 e. The summed E-state index contributed by atoms with van der Waals surface area (Å²) in [5, 5.41) is 3.38. The molecule has 1 saturated heterocycles. The fraction of sp³-hybridized carbons (Fsp3) is 0.588. The molecule has 1 amide bonds. The average molecular weight is 325 g/mol. The first-order valence-electron chi connectivity index (χ1n) is 7.71. The molecular weight excluding hydrogens is 300 g/mol. The summed E-state index contributed by atoms with van der Waals surface area (Å²) in [4.78, 5) is 14.8. The van der Waals surface area contributed by atoms with E-state index in [0.29, 0.717) is 13.1 Å². The summed E-state index contributed by atoms with van der Waals surface area (Å²) >= 11 is 0. The molecule has 1 aromatic rings. The summed E-state index contributed by atoms with van der Waals surface area (Å²) in [5.41, 5.74) is 2.33. The summed E-state index contributed by atoms with van der Waals surface area (Å²) in [7, 11) is 0. The molecule has 2 aliphatic heterocycles. The third kappa shape index (κ3) is 3.62. The van der Waals surface area contributed by atoms with Crippen molar-refractivity contribution in [2.24, 2.45) is 0 Å². The van der Waals surface area contributed by atoms with Gasteiger partial charge in [0.15, 0.2) is 0 Å². The number of hydrogen-bond donors (Lipinski definition) is 1. The lowest BCUT2D eigenvalue weighted by Crippen LogP contribution is -2.58. The van der Waals surface area contributed by atoms with E-state index >= 15 is 0 Å². The number of amides is 1. The van der Waals surface area contributed by atoms with E-state index in [1.165, 1.54) is 11.1 Å². The molecule has 0 aliphatic carbocycles. The lowest BCUT2D eigenvalue weighted by Gasteiger charge is -2.43. The summed E-state index contributed by atoms with van der Waals surface area (Å²) in [6.45, 7) is 8.25. The number of benzene rings is 1. The molecule has 2 aliphatic rings. The van der Waals surface area contributed by atoms with Crippen LogP contribution in [0.25, 0.3) is 0 Å². The Morgan fingerprint density at radius 3 is 2.68 bits per heavy atom. The van der Waals surface area contributed by atoms with Crippen LogP contribution in [0.4, 0.5) is 0 Å². The number of nitrogens with one attached hydrogen (secondary N) is 1. The number of halogens is 1. The van der Waals surface area contributed by atoms with Crippen LogP contribution >= 0.6 is 12.4 Å². The second-order valence-corrected chi connectivity index (χ2v) is 6.81. The third-order valence-corrected chi connectivity index (χ3v) is 4.26. The number of hydrogen-bond acceptors (Lipinski definition) is 3. The van der Waals surface area contributed by atoms with Gasteiger partial charge in [0.1, 0.15) is 0 Å². The molecule has 122 valence electrons. The Balaban J connectivity index is 0.00000176. The maximum Gasteiger partial charge on any atom is 0.240 e. The molecular formula is C17H25ClN2O2. The predicted molar refractivity (Wildman–Crippen MR) is 89.2 cm³/mol. The minimum atomic E-state index is -0.264. The van der Waals surface area contributed by atoms with Gasteiger partial charge >= 0.3 is 0 Å². The van der Waals surface area contributed by atoms with Crippen LogP contribution in [0.3, 0.4) is 0 Å². The Kier molecular flexibility index (Phi) is 5.15. The molecule has 0 saturated carbocycles. The highest BCUT2D eigenvalue weighted by atomic mass is 35.5. The Morgan fingerprint density at radius 2 is 2.00 bits per heavy atom. The van der Waals surface area contributed by atoms with E-state index < -0.39 is 0 Å². The number of fused-ring (bicyclic) bond motifs is 1. The number of carbonyl (C=O) groups is 1. The van der Waals surface area contributed by atoms with Crippen molar-refractivity contribution in [3.8, 4) is 0 Å². The van der Waals surface area contributed by atoms with Crippen molar-refractivity contribution in [3.63, 3.8) is 0 Å². The number of ether oxygens (including phenoxy) is 1. The first-order valence-corrected chi connectivity index (χ1v) is 7.71. The molecule has 0 bridgehead atoms. The molecule has 0 spiro atoms. The minimum absolute atomic E-state index is 0. The zero-order chi connectivity index (χ0) is 15.0. The first kappa shape index (κ1) is 17.3. The summed E-state index contributed by atoms with van der Waals surface area (Å²) in [6, 6.07) is 8.24. The topological polar surface area (TPSA) is 41.6 Å². The molecule has 2 unspecified atom stereocenters. The van der Waals surface area contributed by atoms with Gasteiger partial charge in [0, 0.05) is 19.6 Å². The van der Waals surface area contributed by atoms with E-state index in [0.717, 1.165) is 13.0 Å². The van der Waals surface area contributed by atoms with Crippen molar-refractivity contribution in [3.05, 3.63) is 35.4 Å². The van der Waals surface area contributed by atoms with Gasteiger partial charge < -0.3 is 15.0 Å². The van der Waals surface area contributed by atoms with Gasteiger partial charge in [-0.15, -0.1) is 12.4 Å². The van der Waals surface area contributed by atoms with E-state index in [1.807, 2.05) is 31.7 Å². The zero-order valence-electron chi connectivity index (χ0n) is 13.5. The third-order valence-electron chi connectivity index (χ3n) is 4.26. The van der Waals surface area contributed by atoms with Crippen LogP contribution in [0.15, 0.2) is 24.3 Å². The van der Waals surface area contributed by atoms with Crippen molar-refractivity contribution < 1.29 is 9.53 Å². The number of carbonyl (C=O) groups excluding carboxylic acids is 1. The number of nitrogens with zero attached hydrogens (tertiary/aromatic N) is 1. The standard InChI is InChI=1S/C17H24N2O2.ClH/c1-12-10-19(11-17(2,3)21-12)16(20)15-8-13-6-4-5-7-14(13)9-18-15;/h4-7,12,15,18H,8-11H2,1-3H3;1H. The molecule has 1 fully saturated rings. The Bertz CT molecular complexity index is 547. The number of morpholine rings is 1. The second-order valence-electron chi connectivity index (χ2n) is 6.81. The molecule has 0 radical (unpaired) electrons. The van der Waals surface area contributed by atoms with E-state index in [9.17, 15) is 4.79 Å². The highest BCUT2D eigenvalue weighted by Gasteiger charge is 2.36. The van der Waals surface area contributed by atoms with Crippen molar-refractivity contribution in [1.82, 2.24) is 10.2 Å². The molecule has 0 aromatic heterocycles. The molecule has 22 heavy (non-hydrogen) atoms. The summed E-state index contributed by atoms with van der Waals surface area (Å²) < 4.78 is 5.88. The minimum Gasteiger partial charge on any atom is -0.369 e. The normalized spacial score (nSPS) is 26.8. The van der Waals surface area contributed by atoms with Crippen LogP contribution < -0.4 is 5.32 Å². The fourth-order valence-corrected chi connectivity index (χ4v) is 3.47. The van der Waals surface area contributed by atoms with Gasteiger partial charge in [0.05, 0.1) is 17.7 Å². The molecule has 1 aromatic carbocycles. The van der Waals surface area contributed by atoms with Gasteiger partial charge in [-0.05, 0) is 38.3 Å². The van der Waals surface area contributed by atoms with Crippen molar-refractivity contribution >= 4 is 18.3 Å². The Labute approximate surface area is 138 Å². The van der Waals surface area contributed by atoms with Crippen LogP contribution in [0.5, 0.6) is 0 Å². The fourth-order valence-electron chi connectivity index (χ4n) is 3.47. The van der Waals surface area contributed by atoms with Crippen LogP contribution in [0, 0.1) is 0 Å². The monoisotopic (exact) mass is 324 g/mol. The first-order chi connectivity index (χ1) is 9.94. The highest BCUT2D eigenvalue weighted by Crippen LogP contribution is 2.23. The molecule has 2 atom stereocenters. The molecule has 5 heteroatoms. The van der Waals surface area contributed by atoms with Gasteiger partial charge in [-0.2, -0.15) is 0 Å².